The fourth-order valence-corrected chi connectivity index (χ4v) is 6.98. The van der Waals surface area contributed by atoms with Crippen molar-refractivity contribution in [3.63, 3.8) is 0 Å². The molecule has 10 nitrogen and oxygen atoms in total. The zero-order valence-corrected chi connectivity index (χ0v) is 23.1. The number of hydrogen-bond acceptors (Lipinski definition) is 9. The van der Waals surface area contributed by atoms with Gasteiger partial charge in [0.05, 0.1) is 37.9 Å². The first-order valence-electron chi connectivity index (χ1n) is 11.5. The van der Waals surface area contributed by atoms with Crippen LogP contribution >= 0.6 is 11.3 Å². The number of nitrogens with one attached hydrogen (secondary N) is 1. The van der Waals surface area contributed by atoms with Crippen LogP contribution < -0.4 is 4.72 Å². The van der Waals surface area contributed by atoms with Crippen molar-refractivity contribution in [1.82, 2.24) is 29.7 Å². The van der Waals surface area contributed by atoms with Gasteiger partial charge >= 0.3 is 6.18 Å². The summed E-state index contributed by atoms with van der Waals surface area (Å²) in [6.07, 6.45) is -2.56. The Morgan fingerprint density at radius 2 is 1.95 bits per heavy atom. The zero-order valence-electron chi connectivity index (χ0n) is 20.6. The fraction of sp³-hybridized carbons (Fsp3) is 0.348. The average molecular weight is 596 g/mol. The summed E-state index contributed by atoms with van der Waals surface area (Å²) in [5.74, 6) is 0. The summed E-state index contributed by atoms with van der Waals surface area (Å²) in [5.41, 5.74) is -0.158. The zero-order chi connectivity index (χ0) is 28.3. The molecule has 1 atom stereocenters. The van der Waals surface area contributed by atoms with Gasteiger partial charge in [0.1, 0.15) is 11.2 Å². The lowest BCUT2D eigenvalue weighted by molar-refractivity contribution is -0.138. The van der Waals surface area contributed by atoms with Gasteiger partial charge in [0.2, 0.25) is 15.0 Å². The van der Waals surface area contributed by atoms with Crippen LogP contribution in [0.25, 0.3) is 32.9 Å². The highest BCUT2D eigenvalue weighted by atomic mass is 32.2. The summed E-state index contributed by atoms with van der Waals surface area (Å²) < 4.78 is 82.7. The van der Waals surface area contributed by atoms with Crippen molar-refractivity contribution in [1.29, 1.82) is 5.26 Å². The van der Waals surface area contributed by atoms with Crippen molar-refractivity contribution in [2.75, 3.05) is 0 Å². The predicted octanol–water partition coefficient (Wildman–Crippen LogP) is 4.02. The quantitative estimate of drug-likeness (QED) is 0.337. The smallest absolute Gasteiger partial charge is 0.267 e. The minimum absolute atomic E-state index is 0.0118. The Hall–Kier alpha value is -3.26. The molecule has 1 saturated carbocycles. The fourth-order valence-electron chi connectivity index (χ4n) is 3.94. The molecule has 4 aromatic rings. The highest BCUT2D eigenvalue weighted by molar-refractivity contribution is 7.89. The van der Waals surface area contributed by atoms with Gasteiger partial charge in [-0.2, -0.15) is 28.3 Å². The molecule has 5 rings (SSSR count). The Balaban J connectivity index is 1.73. The number of fused-ring (bicyclic) bond motifs is 1. The number of rotatable bonds is 7. The summed E-state index contributed by atoms with van der Waals surface area (Å²) in [6, 6.07) is 7.84. The van der Waals surface area contributed by atoms with Crippen LogP contribution in [0, 0.1) is 11.3 Å². The standard InChI is InChI=1S/C23H20F3N7O3S3/c1-12(2)38(34)13-4-5-17(28-10-13)15-8-14(39(35,36)32-22(11-27)6-7-22)9-16-18(31-33(3)19(15)16)20-29-30-21(37-20)23(24,25)26/h4-5,8-10,12,32H,6-7H2,1-3H3. The van der Waals surface area contributed by atoms with E-state index in [2.05, 4.69) is 25.0 Å². The van der Waals surface area contributed by atoms with Crippen LogP contribution in [-0.2, 0) is 34.0 Å². The maximum atomic E-state index is 13.4. The third-order valence-corrected chi connectivity index (χ3v) is 10.1. The first-order chi connectivity index (χ1) is 18.2. The summed E-state index contributed by atoms with van der Waals surface area (Å²) in [7, 11) is -3.97. The molecule has 0 amide bonds. The molecule has 1 unspecified atom stereocenters. The van der Waals surface area contributed by atoms with Crippen molar-refractivity contribution < 1.29 is 25.8 Å². The monoisotopic (exact) mass is 595 g/mol. The van der Waals surface area contributed by atoms with Crippen LogP contribution in [0.4, 0.5) is 13.2 Å². The van der Waals surface area contributed by atoms with Crippen LogP contribution in [0.5, 0.6) is 0 Å². The van der Waals surface area contributed by atoms with E-state index >= 15 is 0 Å². The van der Waals surface area contributed by atoms with E-state index in [-0.39, 0.29) is 37.6 Å². The van der Waals surface area contributed by atoms with Crippen LogP contribution in [-0.4, -0.2) is 48.4 Å². The van der Waals surface area contributed by atoms with E-state index in [0.29, 0.717) is 34.5 Å². The minimum atomic E-state index is -4.71. The van der Waals surface area contributed by atoms with Crippen LogP contribution in [0.3, 0.4) is 0 Å². The third kappa shape index (κ3) is 5.07. The molecule has 1 aliphatic rings. The molecular formula is C23H20F3N7O3S3. The van der Waals surface area contributed by atoms with Gasteiger partial charge in [-0.15, -0.1) is 10.2 Å². The van der Waals surface area contributed by atoms with Gasteiger partial charge in [-0.05, 0) is 37.1 Å². The van der Waals surface area contributed by atoms with Crippen LogP contribution in [0.1, 0.15) is 31.7 Å². The number of hydrogen-bond donors (Lipinski definition) is 1. The number of aryl methyl sites for hydroxylation is 1. The Kier molecular flexibility index (Phi) is 6.61. The van der Waals surface area contributed by atoms with E-state index in [9.17, 15) is 31.1 Å². The topological polar surface area (TPSA) is 144 Å². The molecule has 0 radical (unpaired) electrons. The average Bonchev–Trinajstić information content (AvgIpc) is 3.30. The molecule has 1 N–H and O–H groups in total. The molecule has 0 aliphatic heterocycles. The lowest BCUT2D eigenvalue weighted by Gasteiger charge is -2.13. The van der Waals surface area contributed by atoms with Gasteiger partial charge < -0.3 is 0 Å². The molecule has 0 saturated heterocycles. The molecule has 0 bridgehead atoms. The molecule has 1 aromatic carbocycles. The molecule has 3 aromatic heterocycles. The highest BCUT2D eigenvalue weighted by Crippen LogP contribution is 2.41. The maximum absolute atomic E-state index is 13.4. The largest absolute Gasteiger partial charge is 0.445 e. The summed E-state index contributed by atoms with van der Waals surface area (Å²) >= 11 is 0.287. The molecule has 16 heteroatoms. The number of nitrogens with zero attached hydrogens (tertiary/aromatic N) is 6. The number of sulfonamides is 1. The van der Waals surface area contributed by atoms with Crippen molar-refractivity contribution in [3.8, 4) is 28.0 Å². The molecule has 39 heavy (non-hydrogen) atoms. The Morgan fingerprint density at radius 3 is 2.49 bits per heavy atom. The lowest BCUT2D eigenvalue weighted by atomic mass is 10.1. The first-order valence-corrected chi connectivity index (χ1v) is 15.0. The van der Waals surface area contributed by atoms with E-state index in [1.807, 2.05) is 6.07 Å². The molecule has 1 fully saturated rings. The van der Waals surface area contributed by atoms with Gasteiger partial charge in [-0.3, -0.25) is 13.9 Å². The van der Waals surface area contributed by atoms with E-state index in [4.69, 9.17) is 0 Å². The van der Waals surface area contributed by atoms with Gasteiger partial charge in [0.25, 0.3) is 0 Å². The second-order valence-corrected chi connectivity index (χ2v) is 13.9. The number of halogens is 3. The summed E-state index contributed by atoms with van der Waals surface area (Å²) in [5, 5.41) is 19.4. The van der Waals surface area contributed by atoms with Gasteiger partial charge in [0, 0.05) is 29.4 Å². The number of aromatic nitrogens is 5. The molecule has 204 valence electrons. The molecule has 3 heterocycles. The Bertz CT molecular complexity index is 1770. The minimum Gasteiger partial charge on any atom is -0.267 e. The molecule has 1 aliphatic carbocycles. The highest BCUT2D eigenvalue weighted by Gasteiger charge is 2.47. The normalized spacial score (nSPS) is 15.9. The van der Waals surface area contributed by atoms with Crippen LogP contribution in [0.2, 0.25) is 0 Å². The van der Waals surface area contributed by atoms with E-state index in [1.165, 1.54) is 23.0 Å². The predicted molar refractivity (Wildman–Crippen MR) is 137 cm³/mol. The van der Waals surface area contributed by atoms with E-state index < -0.39 is 37.5 Å². The van der Waals surface area contributed by atoms with Crippen molar-refractivity contribution in [3.05, 3.63) is 35.5 Å². The number of pyridine rings is 1. The van der Waals surface area contributed by atoms with Crippen molar-refractivity contribution in [2.24, 2.45) is 7.05 Å². The second kappa shape index (κ2) is 9.44. The number of alkyl halides is 3. The van der Waals surface area contributed by atoms with E-state index in [1.54, 1.807) is 33.0 Å². The summed E-state index contributed by atoms with van der Waals surface area (Å²) in [6.45, 7) is 3.61. The molecular weight excluding hydrogens is 575 g/mol. The SMILES string of the molecule is CC(C)S(=O)c1ccc(-c2cc(S(=O)(=O)NC3(C#N)CC3)cc3c(-c4nnc(C(F)(F)F)s4)nn(C)c23)nc1. The second-order valence-electron chi connectivity index (χ2n) is 9.27. The Labute approximate surface area is 227 Å². The molecule has 0 spiro atoms. The van der Waals surface area contributed by atoms with Crippen molar-refractivity contribution >= 4 is 43.1 Å². The maximum Gasteiger partial charge on any atom is 0.445 e. The van der Waals surface area contributed by atoms with Gasteiger partial charge in [0.15, 0.2) is 5.01 Å². The van der Waals surface area contributed by atoms with Crippen LogP contribution in [0.15, 0.2) is 40.3 Å². The summed E-state index contributed by atoms with van der Waals surface area (Å²) in [4.78, 5) is 4.67. The number of nitriles is 1. The van der Waals surface area contributed by atoms with Gasteiger partial charge in [-0.25, -0.2) is 8.42 Å². The first kappa shape index (κ1) is 27.3. The lowest BCUT2D eigenvalue weighted by Crippen LogP contribution is -2.35. The number of benzene rings is 1. The van der Waals surface area contributed by atoms with Crippen molar-refractivity contribution in [2.45, 2.75) is 53.4 Å². The Morgan fingerprint density at radius 1 is 1.23 bits per heavy atom. The third-order valence-electron chi connectivity index (χ3n) is 6.06. The van der Waals surface area contributed by atoms with E-state index in [0.717, 1.165) is 0 Å². The van der Waals surface area contributed by atoms with Gasteiger partial charge in [-0.1, -0.05) is 25.2 Å².